The highest BCUT2D eigenvalue weighted by Crippen LogP contribution is 2.21. The van der Waals surface area contributed by atoms with Gasteiger partial charge in [0.15, 0.2) is 18.2 Å². The van der Waals surface area contributed by atoms with Crippen LogP contribution in [0, 0.1) is 5.82 Å². The Morgan fingerprint density at radius 1 is 1.48 bits per heavy atom. The van der Waals surface area contributed by atoms with Gasteiger partial charge in [-0.15, -0.1) is 0 Å². The summed E-state index contributed by atoms with van der Waals surface area (Å²) in [4.78, 5) is 14.1. The van der Waals surface area contributed by atoms with Crippen molar-refractivity contribution >= 4 is 21.8 Å². The van der Waals surface area contributed by atoms with Gasteiger partial charge in [-0.2, -0.15) is 5.10 Å². The molecule has 0 aliphatic rings. The zero-order valence-electron chi connectivity index (χ0n) is 13.3. The third kappa shape index (κ3) is 4.79. The first-order valence-corrected chi connectivity index (χ1v) is 8.01. The highest BCUT2D eigenvalue weighted by Gasteiger charge is 2.19. The Kier molecular flexibility index (Phi) is 5.76. The smallest absolute Gasteiger partial charge is 0.261 e. The van der Waals surface area contributed by atoms with Crippen LogP contribution in [-0.2, 0) is 18.4 Å². The molecule has 0 radical (unpaired) electrons. The lowest BCUT2D eigenvalue weighted by molar-refractivity contribution is -0.135. The van der Waals surface area contributed by atoms with E-state index < -0.39 is 5.82 Å². The zero-order valence-corrected chi connectivity index (χ0v) is 14.9. The number of hydrogen-bond acceptors (Lipinski definition) is 3. The predicted molar refractivity (Wildman–Crippen MR) is 88.5 cm³/mol. The summed E-state index contributed by atoms with van der Waals surface area (Å²) < 4.78 is 21.3. The van der Waals surface area contributed by atoms with Gasteiger partial charge in [0.05, 0.1) is 6.20 Å². The molecule has 1 aromatic carbocycles. The first-order chi connectivity index (χ1) is 10.9. The fourth-order valence-electron chi connectivity index (χ4n) is 2.12. The number of carbonyl (C=O) groups is 1. The van der Waals surface area contributed by atoms with Crippen molar-refractivity contribution < 1.29 is 13.9 Å². The maximum Gasteiger partial charge on any atom is 0.261 e. The quantitative estimate of drug-likeness (QED) is 0.769. The summed E-state index contributed by atoms with van der Waals surface area (Å²) in [5, 5.41) is 4.10. The highest BCUT2D eigenvalue weighted by molar-refractivity contribution is 9.10. The molecule has 0 aliphatic heterocycles. The largest absolute Gasteiger partial charge is 0.481 e. The molecule has 0 bridgehead atoms. The minimum absolute atomic E-state index is 0.000992. The summed E-state index contributed by atoms with van der Waals surface area (Å²) in [7, 11) is 1.82. The second-order valence-corrected chi connectivity index (χ2v) is 6.42. The van der Waals surface area contributed by atoms with Crippen molar-refractivity contribution in [1.29, 1.82) is 0 Å². The summed E-state index contributed by atoms with van der Waals surface area (Å²) in [5.74, 6) is -0.645. The van der Waals surface area contributed by atoms with Gasteiger partial charge in [0.1, 0.15) is 0 Å². The van der Waals surface area contributed by atoms with Crippen molar-refractivity contribution in [3.8, 4) is 5.75 Å². The number of benzene rings is 1. The summed E-state index contributed by atoms with van der Waals surface area (Å²) in [6, 6.07) is 4.46. The van der Waals surface area contributed by atoms with Crippen LogP contribution in [0.25, 0.3) is 0 Å². The monoisotopic (exact) mass is 383 g/mol. The van der Waals surface area contributed by atoms with E-state index in [1.54, 1.807) is 21.8 Å². The second kappa shape index (κ2) is 7.59. The van der Waals surface area contributed by atoms with Crippen LogP contribution in [-0.4, -0.2) is 33.2 Å². The lowest BCUT2D eigenvalue weighted by atomic mass is 10.2. The SMILES string of the molecule is CC(C)N(Cc1cnn(C)c1)C(=O)COc1ccc(Br)cc1F. The summed E-state index contributed by atoms with van der Waals surface area (Å²) >= 11 is 3.18. The molecule has 5 nitrogen and oxygen atoms in total. The number of hydrogen-bond donors (Lipinski definition) is 0. The van der Waals surface area contributed by atoms with Crippen LogP contribution in [0.5, 0.6) is 5.75 Å². The van der Waals surface area contributed by atoms with Gasteiger partial charge in [-0.1, -0.05) is 15.9 Å². The molecule has 23 heavy (non-hydrogen) atoms. The van der Waals surface area contributed by atoms with Gasteiger partial charge in [-0.05, 0) is 32.0 Å². The normalized spacial score (nSPS) is 10.9. The molecule has 124 valence electrons. The fourth-order valence-corrected chi connectivity index (χ4v) is 2.46. The molecule has 0 atom stereocenters. The first-order valence-electron chi connectivity index (χ1n) is 7.21. The van der Waals surface area contributed by atoms with Crippen molar-refractivity contribution in [2.24, 2.45) is 7.05 Å². The van der Waals surface area contributed by atoms with E-state index in [4.69, 9.17) is 4.74 Å². The Hall–Kier alpha value is -1.89. The standard InChI is InChI=1S/C16H19BrFN3O2/c1-11(2)21(9-12-7-19-20(3)8-12)16(22)10-23-15-5-4-13(17)6-14(15)18/h4-8,11H,9-10H2,1-3H3. The molecule has 1 amide bonds. The van der Waals surface area contributed by atoms with Crippen molar-refractivity contribution in [2.75, 3.05) is 6.61 Å². The Bertz CT molecular complexity index is 688. The number of carbonyl (C=O) groups excluding carboxylic acids is 1. The van der Waals surface area contributed by atoms with Crippen LogP contribution >= 0.6 is 15.9 Å². The molecular weight excluding hydrogens is 365 g/mol. The molecule has 0 unspecified atom stereocenters. The molecule has 2 rings (SSSR count). The van der Waals surface area contributed by atoms with Gasteiger partial charge in [-0.25, -0.2) is 4.39 Å². The second-order valence-electron chi connectivity index (χ2n) is 5.50. The summed E-state index contributed by atoms with van der Waals surface area (Å²) in [5.41, 5.74) is 0.935. The van der Waals surface area contributed by atoms with E-state index in [-0.39, 0.29) is 24.3 Å². The van der Waals surface area contributed by atoms with Crippen molar-refractivity contribution in [2.45, 2.75) is 26.4 Å². The van der Waals surface area contributed by atoms with Gasteiger partial charge in [0.2, 0.25) is 0 Å². The number of ether oxygens (including phenoxy) is 1. The van der Waals surface area contributed by atoms with E-state index in [1.807, 2.05) is 27.1 Å². The number of aryl methyl sites for hydroxylation is 1. The van der Waals surface area contributed by atoms with Crippen LogP contribution in [0.2, 0.25) is 0 Å². The van der Waals surface area contributed by atoms with Crippen molar-refractivity contribution in [1.82, 2.24) is 14.7 Å². The summed E-state index contributed by atoms with van der Waals surface area (Å²) in [6.45, 7) is 4.08. The van der Waals surface area contributed by atoms with E-state index in [2.05, 4.69) is 21.0 Å². The van der Waals surface area contributed by atoms with Gasteiger partial charge < -0.3 is 9.64 Å². The Balaban J connectivity index is 2.00. The minimum Gasteiger partial charge on any atom is -0.481 e. The predicted octanol–water partition coefficient (Wildman–Crippen LogP) is 3.14. The lowest BCUT2D eigenvalue weighted by Gasteiger charge is -2.26. The molecule has 7 heteroatoms. The average Bonchev–Trinajstić information content (AvgIpc) is 2.88. The molecule has 1 heterocycles. The van der Waals surface area contributed by atoms with Crippen LogP contribution in [0.4, 0.5) is 4.39 Å². The Morgan fingerprint density at radius 3 is 2.78 bits per heavy atom. The average molecular weight is 384 g/mol. The van der Waals surface area contributed by atoms with Gasteiger partial charge in [0.25, 0.3) is 5.91 Å². The summed E-state index contributed by atoms with van der Waals surface area (Å²) in [6.07, 6.45) is 3.58. The minimum atomic E-state index is -0.504. The number of rotatable bonds is 6. The molecular formula is C16H19BrFN3O2. The Morgan fingerprint density at radius 2 is 2.22 bits per heavy atom. The van der Waals surface area contributed by atoms with Crippen LogP contribution < -0.4 is 4.74 Å². The molecule has 2 aromatic rings. The molecule has 1 aromatic heterocycles. The van der Waals surface area contributed by atoms with Gasteiger partial charge in [0, 0.05) is 35.9 Å². The Labute approximate surface area is 143 Å². The lowest BCUT2D eigenvalue weighted by Crippen LogP contribution is -2.39. The van der Waals surface area contributed by atoms with Crippen LogP contribution in [0.1, 0.15) is 19.4 Å². The molecule has 0 fully saturated rings. The number of amides is 1. The number of nitrogens with zero attached hydrogens (tertiary/aromatic N) is 3. The van der Waals surface area contributed by atoms with Crippen LogP contribution in [0.15, 0.2) is 35.1 Å². The number of halogens is 2. The molecule has 0 N–H and O–H groups in total. The third-order valence-corrected chi connectivity index (χ3v) is 3.79. The molecule has 0 saturated heterocycles. The van der Waals surface area contributed by atoms with Gasteiger partial charge >= 0.3 is 0 Å². The molecule has 0 saturated carbocycles. The maximum atomic E-state index is 13.7. The molecule has 0 spiro atoms. The maximum absolute atomic E-state index is 13.7. The van der Waals surface area contributed by atoms with E-state index >= 15 is 0 Å². The zero-order chi connectivity index (χ0) is 17.0. The topological polar surface area (TPSA) is 47.4 Å². The third-order valence-electron chi connectivity index (χ3n) is 3.30. The van der Waals surface area contributed by atoms with Crippen molar-refractivity contribution in [3.05, 3.63) is 46.4 Å². The van der Waals surface area contributed by atoms with E-state index in [1.165, 1.54) is 12.1 Å². The van der Waals surface area contributed by atoms with Crippen LogP contribution in [0.3, 0.4) is 0 Å². The highest BCUT2D eigenvalue weighted by atomic mass is 79.9. The number of aromatic nitrogens is 2. The van der Waals surface area contributed by atoms with E-state index in [0.29, 0.717) is 11.0 Å². The van der Waals surface area contributed by atoms with E-state index in [0.717, 1.165) is 5.56 Å². The van der Waals surface area contributed by atoms with E-state index in [9.17, 15) is 9.18 Å². The first kappa shape index (κ1) is 17.5. The fraction of sp³-hybridized carbons (Fsp3) is 0.375. The van der Waals surface area contributed by atoms with Gasteiger partial charge in [-0.3, -0.25) is 9.48 Å². The molecule has 0 aliphatic carbocycles. The van der Waals surface area contributed by atoms with Crippen molar-refractivity contribution in [3.63, 3.8) is 0 Å².